The fourth-order valence-corrected chi connectivity index (χ4v) is 2.89. The van der Waals surface area contributed by atoms with Crippen LogP contribution in [0.25, 0.3) is 0 Å². The maximum Gasteiger partial charge on any atom is 0.258 e. The summed E-state index contributed by atoms with van der Waals surface area (Å²) in [5, 5.41) is 3.59. The number of halogens is 2. The Hall–Kier alpha value is -1.85. The number of hydrogen-bond donors (Lipinski definition) is 1. The average molecular weight is 365 g/mol. The van der Waals surface area contributed by atoms with Gasteiger partial charge in [0.25, 0.3) is 5.91 Å². The minimum atomic E-state index is -0.285. The fourth-order valence-electron chi connectivity index (χ4n) is 2.59. The first kappa shape index (κ1) is 17.0. The van der Waals surface area contributed by atoms with E-state index < -0.39 is 0 Å². The van der Waals surface area contributed by atoms with Gasteiger partial charge in [-0.15, -0.1) is 0 Å². The van der Waals surface area contributed by atoms with Crippen molar-refractivity contribution in [3.63, 3.8) is 0 Å². The molecule has 7 heteroatoms. The van der Waals surface area contributed by atoms with Gasteiger partial charge in [-0.2, -0.15) is 0 Å². The van der Waals surface area contributed by atoms with Crippen molar-refractivity contribution in [1.29, 1.82) is 0 Å². The molecule has 1 aliphatic heterocycles. The number of benzene rings is 1. The van der Waals surface area contributed by atoms with Crippen LogP contribution in [0, 0.1) is 5.92 Å². The van der Waals surface area contributed by atoms with Gasteiger partial charge in [0.15, 0.2) is 0 Å². The third-order valence-corrected chi connectivity index (χ3v) is 4.88. The Labute approximate surface area is 151 Å². The molecule has 1 amide bonds. The van der Waals surface area contributed by atoms with Gasteiger partial charge in [0.2, 0.25) is 5.95 Å². The molecule has 0 atom stereocenters. The Bertz CT molecular complexity index is 728. The van der Waals surface area contributed by atoms with Crippen LogP contribution in [0.5, 0.6) is 0 Å². The standard InChI is InChI=1S/C17H18Cl2N4O/c1-11-4-6-23(7-5-11)17-20-9-12(10-21-17)16(24)22-13-2-3-14(18)15(19)8-13/h2-3,8-11H,4-7H2,1H3,(H,22,24). The maximum atomic E-state index is 12.3. The summed E-state index contributed by atoms with van der Waals surface area (Å²) in [6.45, 7) is 4.17. The number of rotatable bonds is 3. The molecule has 1 N–H and O–H groups in total. The van der Waals surface area contributed by atoms with E-state index in [-0.39, 0.29) is 5.91 Å². The number of aromatic nitrogens is 2. The van der Waals surface area contributed by atoms with E-state index in [0.717, 1.165) is 31.8 Å². The highest BCUT2D eigenvalue weighted by Crippen LogP contribution is 2.25. The monoisotopic (exact) mass is 364 g/mol. The van der Waals surface area contributed by atoms with Gasteiger partial charge in [0.1, 0.15) is 0 Å². The Kier molecular flexibility index (Phi) is 5.21. The predicted octanol–water partition coefficient (Wildman–Crippen LogP) is 4.27. The number of carbonyl (C=O) groups excluding carboxylic acids is 1. The third kappa shape index (κ3) is 3.97. The summed E-state index contributed by atoms with van der Waals surface area (Å²) in [6, 6.07) is 4.93. The number of carbonyl (C=O) groups is 1. The Morgan fingerprint density at radius 2 is 1.83 bits per heavy atom. The lowest BCUT2D eigenvalue weighted by Gasteiger charge is -2.30. The minimum Gasteiger partial charge on any atom is -0.341 e. The van der Waals surface area contributed by atoms with Crippen LogP contribution in [0.4, 0.5) is 11.6 Å². The number of anilines is 2. The van der Waals surface area contributed by atoms with Crippen LogP contribution in [0.1, 0.15) is 30.1 Å². The second-order valence-electron chi connectivity index (χ2n) is 6.02. The molecule has 0 radical (unpaired) electrons. The molecule has 1 saturated heterocycles. The quantitative estimate of drug-likeness (QED) is 0.883. The first-order chi connectivity index (χ1) is 11.5. The van der Waals surface area contributed by atoms with Crippen molar-refractivity contribution >= 4 is 40.7 Å². The van der Waals surface area contributed by atoms with Crippen LogP contribution in [-0.4, -0.2) is 29.0 Å². The molecule has 24 heavy (non-hydrogen) atoms. The van der Waals surface area contributed by atoms with Gasteiger partial charge < -0.3 is 10.2 Å². The van der Waals surface area contributed by atoms with E-state index in [1.807, 2.05) is 0 Å². The summed E-state index contributed by atoms with van der Waals surface area (Å²) < 4.78 is 0. The second-order valence-corrected chi connectivity index (χ2v) is 6.84. The minimum absolute atomic E-state index is 0.285. The van der Waals surface area contributed by atoms with Crippen LogP contribution in [-0.2, 0) is 0 Å². The van der Waals surface area contributed by atoms with E-state index in [0.29, 0.717) is 27.2 Å². The third-order valence-electron chi connectivity index (χ3n) is 4.14. The van der Waals surface area contributed by atoms with Crippen LogP contribution < -0.4 is 10.2 Å². The van der Waals surface area contributed by atoms with Crippen LogP contribution in [0.2, 0.25) is 10.0 Å². The van der Waals surface area contributed by atoms with E-state index in [9.17, 15) is 4.79 Å². The summed E-state index contributed by atoms with van der Waals surface area (Å²) in [6.07, 6.45) is 5.38. The normalized spacial score (nSPS) is 15.4. The summed E-state index contributed by atoms with van der Waals surface area (Å²) in [7, 11) is 0. The van der Waals surface area contributed by atoms with Crippen molar-refractivity contribution in [1.82, 2.24) is 9.97 Å². The van der Waals surface area contributed by atoms with E-state index in [1.54, 1.807) is 30.6 Å². The number of amides is 1. The molecule has 1 aliphatic rings. The summed E-state index contributed by atoms with van der Waals surface area (Å²) in [4.78, 5) is 23.1. The van der Waals surface area contributed by atoms with E-state index in [1.165, 1.54) is 0 Å². The highest BCUT2D eigenvalue weighted by Gasteiger charge is 2.18. The smallest absolute Gasteiger partial charge is 0.258 e. The zero-order valence-corrected chi connectivity index (χ0v) is 14.8. The highest BCUT2D eigenvalue weighted by molar-refractivity contribution is 6.42. The second kappa shape index (κ2) is 7.36. The molecule has 1 aromatic heterocycles. The fraction of sp³-hybridized carbons (Fsp3) is 0.353. The largest absolute Gasteiger partial charge is 0.341 e. The van der Waals surface area contributed by atoms with Crippen molar-refractivity contribution in [2.75, 3.05) is 23.3 Å². The van der Waals surface area contributed by atoms with Gasteiger partial charge in [-0.1, -0.05) is 30.1 Å². The number of piperidine rings is 1. The molecule has 5 nitrogen and oxygen atoms in total. The molecule has 2 aromatic rings. The first-order valence-electron chi connectivity index (χ1n) is 7.86. The van der Waals surface area contributed by atoms with Crippen molar-refractivity contribution in [2.24, 2.45) is 5.92 Å². The van der Waals surface area contributed by atoms with Gasteiger partial charge in [0, 0.05) is 31.2 Å². The van der Waals surface area contributed by atoms with Crippen molar-refractivity contribution in [3.05, 3.63) is 46.2 Å². The molecule has 0 aliphatic carbocycles. The van der Waals surface area contributed by atoms with Gasteiger partial charge >= 0.3 is 0 Å². The summed E-state index contributed by atoms with van der Waals surface area (Å²) in [5.74, 6) is 1.14. The number of nitrogens with one attached hydrogen (secondary N) is 1. The SMILES string of the molecule is CC1CCN(c2ncc(C(=O)Nc3ccc(Cl)c(Cl)c3)cn2)CC1. The lowest BCUT2D eigenvalue weighted by Crippen LogP contribution is -2.34. The van der Waals surface area contributed by atoms with Crippen LogP contribution in [0.15, 0.2) is 30.6 Å². The summed E-state index contributed by atoms with van der Waals surface area (Å²) >= 11 is 11.8. The maximum absolute atomic E-state index is 12.3. The zero-order chi connectivity index (χ0) is 17.1. The molecular weight excluding hydrogens is 347 g/mol. The summed E-state index contributed by atoms with van der Waals surface area (Å²) in [5.41, 5.74) is 0.971. The predicted molar refractivity (Wildman–Crippen MR) is 97.1 cm³/mol. The Balaban J connectivity index is 1.66. The molecule has 0 unspecified atom stereocenters. The molecule has 1 aromatic carbocycles. The zero-order valence-electron chi connectivity index (χ0n) is 13.3. The first-order valence-corrected chi connectivity index (χ1v) is 8.62. The van der Waals surface area contributed by atoms with Crippen LogP contribution >= 0.6 is 23.2 Å². The van der Waals surface area contributed by atoms with E-state index in [2.05, 4.69) is 27.1 Å². The van der Waals surface area contributed by atoms with E-state index >= 15 is 0 Å². The topological polar surface area (TPSA) is 58.1 Å². The van der Waals surface area contributed by atoms with Crippen molar-refractivity contribution in [3.8, 4) is 0 Å². The molecular formula is C17H18Cl2N4O. The lowest BCUT2D eigenvalue weighted by atomic mass is 10.00. The molecule has 0 saturated carbocycles. The molecule has 1 fully saturated rings. The van der Waals surface area contributed by atoms with Gasteiger partial charge in [0.05, 0.1) is 15.6 Å². The van der Waals surface area contributed by atoms with E-state index in [4.69, 9.17) is 23.2 Å². The molecule has 2 heterocycles. The Morgan fingerprint density at radius 3 is 2.46 bits per heavy atom. The number of hydrogen-bond acceptors (Lipinski definition) is 4. The highest BCUT2D eigenvalue weighted by atomic mass is 35.5. The van der Waals surface area contributed by atoms with Gasteiger partial charge in [-0.25, -0.2) is 9.97 Å². The number of nitrogens with zero attached hydrogens (tertiary/aromatic N) is 3. The van der Waals surface area contributed by atoms with Gasteiger partial charge in [-0.05, 0) is 37.0 Å². The molecule has 3 rings (SSSR count). The van der Waals surface area contributed by atoms with Crippen LogP contribution in [0.3, 0.4) is 0 Å². The lowest BCUT2D eigenvalue weighted by molar-refractivity contribution is 0.102. The molecule has 126 valence electrons. The van der Waals surface area contributed by atoms with Crippen molar-refractivity contribution < 1.29 is 4.79 Å². The average Bonchev–Trinajstić information content (AvgIpc) is 2.59. The van der Waals surface area contributed by atoms with Gasteiger partial charge in [-0.3, -0.25) is 4.79 Å². The Morgan fingerprint density at radius 1 is 1.17 bits per heavy atom. The molecule has 0 bridgehead atoms. The van der Waals surface area contributed by atoms with Crippen molar-refractivity contribution in [2.45, 2.75) is 19.8 Å². The molecule has 0 spiro atoms.